The minimum atomic E-state index is 0. The standard InChI is InChI=1S/C10H11N3O2.C10H7NO.ClH.H3NO/c11-10(13-15)7-1-3-8-6(5-7)2-4-9(8)12-14;1-11-8-3-4-9-7(6-8)2-5-10(9)12;;1-2/h1,3,5,14-15H,2,4H2,(H2,11,13);3-4,6H,2,5H2;1H;2H,1H2/b12-9+;;;. The molecule has 0 heterocycles. The molecule has 4 rings (SSSR count). The molecule has 0 spiro atoms. The molecule has 0 aliphatic heterocycles. The number of nitrogens with zero attached hydrogens (tertiary/aromatic N) is 3. The molecule has 158 valence electrons. The molecule has 7 N–H and O–H groups in total. The van der Waals surface area contributed by atoms with E-state index in [1.165, 1.54) is 0 Å². The number of carbonyl (C=O) groups is 1. The molecule has 0 bridgehead atoms. The highest BCUT2D eigenvalue weighted by atomic mass is 35.5. The molecule has 0 radical (unpaired) electrons. The van der Waals surface area contributed by atoms with Crippen LogP contribution in [-0.2, 0) is 12.8 Å². The van der Waals surface area contributed by atoms with Crippen molar-refractivity contribution in [2.24, 2.45) is 21.9 Å². The van der Waals surface area contributed by atoms with E-state index < -0.39 is 0 Å². The predicted octanol–water partition coefficient (Wildman–Crippen LogP) is 3.03. The Morgan fingerprint density at radius 2 is 1.60 bits per heavy atom. The monoisotopic (exact) mass is 431 g/mol. The summed E-state index contributed by atoms with van der Waals surface area (Å²) >= 11 is 0. The van der Waals surface area contributed by atoms with E-state index in [1.807, 2.05) is 18.2 Å². The number of rotatable bonds is 1. The van der Waals surface area contributed by atoms with Crippen molar-refractivity contribution in [2.75, 3.05) is 0 Å². The van der Waals surface area contributed by atoms with Crippen molar-refractivity contribution in [1.29, 1.82) is 0 Å². The highest BCUT2D eigenvalue weighted by molar-refractivity contribution is 6.06. The van der Waals surface area contributed by atoms with Gasteiger partial charge in [0, 0.05) is 23.1 Å². The fraction of sp³-hybridized carbons (Fsp3) is 0.200. The van der Waals surface area contributed by atoms with Gasteiger partial charge in [-0.15, -0.1) is 12.4 Å². The lowest BCUT2D eigenvalue weighted by molar-refractivity contribution is 0.0994. The van der Waals surface area contributed by atoms with Gasteiger partial charge in [-0.2, -0.15) is 0 Å². The van der Waals surface area contributed by atoms with Gasteiger partial charge in [0.25, 0.3) is 0 Å². The summed E-state index contributed by atoms with van der Waals surface area (Å²) in [4.78, 5) is 14.5. The Labute approximate surface area is 179 Å². The first-order valence-electron chi connectivity index (χ1n) is 8.69. The molecule has 10 heteroatoms. The molecule has 0 fully saturated rings. The average molecular weight is 432 g/mol. The number of hydrogen-bond donors (Lipinski definition) is 5. The number of carbonyl (C=O) groups excluding carboxylic acids is 1. The molecule has 0 saturated carbocycles. The van der Waals surface area contributed by atoms with E-state index in [2.05, 4.69) is 21.1 Å². The van der Waals surface area contributed by atoms with Gasteiger partial charge in [-0.25, -0.2) is 10.7 Å². The van der Waals surface area contributed by atoms with E-state index in [1.54, 1.807) is 18.2 Å². The number of amidine groups is 1. The molecule has 0 amide bonds. The van der Waals surface area contributed by atoms with Crippen molar-refractivity contribution in [3.8, 4) is 0 Å². The third kappa shape index (κ3) is 5.33. The van der Waals surface area contributed by atoms with Gasteiger partial charge in [0.2, 0.25) is 0 Å². The van der Waals surface area contributed by atoms with Crippen LogP contribution in [0, 0.1) is 6.57 Å². The molecular formula is C20H22ClN5O4. The number of halogens is 1. The summed E-state index contributed by atoms with van der Waals surface area (Å²) in [7, 11) is 0. The smallest absolute Gasteiger partial charge is 0.187 e. The molecule has 0 atom stereocenters. The summed E-state index contributed by atoms with van der Waals surface area (Å²) in [5, 5.41) is 29.9. The van der Waals surface area contributed by atoms with Gasteiger partial charge in [0.15, 0.2) is 17.3 Å². The summed E-state index contributed by atoms with van der Waals surface area (Å²) in [6.45, 7) is 6.80. The molecule has 2 aliphatic rings. The number of nitrogens with two attached hydrogens (primary N) is 2. The van der Waals surface area contributed by atoms with Crippen molar-refractivity contribution in [2.45, 2.75) is 25.7 Å². The van der Waals surface area contributed by atoms with Crippen LogP contribution in [0.25, 0.3) is 4.85 Å². The first-order chi connectivity index (χ1) is 14.1. The lowest BCUT2D eigenvalue weighted by atomic mass is 10.1. The molecule has 30 heavy (non-hydrogen) atoms. The normalized spacial score (nSPS) is 14.9. The quantitative estimate of drug-likeness (QED) is 0.153. The maximum Gasteiger partial charge on any atom is 0.187 e. The second-order valence-corrected chi connectivity index (χ2v) is 6.28. The van der Waals surface area contributed by atoms with Crippen LogP contribution in [0.5, 0.6) is 0 Å². The molecule has 2 aromatic carbocycles. The maximum atomic E-state index is 11.2. The molecule has 2 aliphatic carbocycles. The number of hydrogen-bond acceptors (Lipinski definition) is 7. The molecular weight excluding hydrogens is 410 g/mol. The summed E-state index contributed by atoms with van der Waals surface area (Å²) in [5.41, 5.74) is 11.3. The third-order valence-electron chi connectivity index (χ3n) is 4.71. The van der Waals surface area contributed by atoms with Gasteiger partial charge in [-0.1, -0.05) is 40.6 Å². The molecule has 0 saturated heterocycles. The zero-order valence-electron chi connectivity index (χ0n) is 15.9. The van der Waals surface area contributed by atoms with E-state index in [4.69, 9.17) is 27.9 Å². The fourth-order valence-corrected chi connectivity index (χ4v) is 3.30. The summed E-state index contributed by atoms with van der Waals surface area (Å²) in [6.07, 6.45) is 2.96. The van der Waals surface area contributed by atoms with E-state index in [9.17, 15) is 4.79 Å². The Morgan fingerprint density at radius 1 is 0.967 bits per heavy atom. The fourth-order valence-electron chi connectivity index (χ4n) is 3.30. The Bertz CT molecular complexity index is 1010. The van der Waals surface area contributed by atoms with Gasteiger partial charge in [-0.3, -0.25) is 4.79 Å². The zero-order valence-corrected chi connectivity index (χ0v) is 16.8. The largest absolute Gasteiger partial charge is 0.411 e. The van der Waals surface area contributed by atoms with Crippen LogP contribution >= 0.6 is 12.4 Å². The Kier molecular flexibility index (Phi) is 9.45. The van der Waals surface area contributed by atoms with Crippen LogP contribution in [0.15, 0.2) is 46.7 Å². The van der Waals surface area contributed by atoms with Crippen LogP contribution < -0.4 is 11.6 Å². The number of oxime groups is 2. The van der Waals surface area contributed by atoms with Crippen molar-refractivity contribution in [1.82, 2.24) is 0 Å². The summed E-state index contributed by atoms with van der Waals surface area (Å²) < 4.78 is 0. The molecule has 9 nitrogen and oxygen atoms in total. The second kappa shape index (κ2) is 11.5. The van der Waals surface area contributed by atoms with Crippen molar-refractivity contribution in [3.05, 3.63) is 75.6 Å². The lowest BCUT2D eigenvalue weighted by Crippen LogP contribution is -2.13. The second-order valence-electron chi connectivity index (χ2n) is 6.28. The Hall–Kier alpha value is -3.45. The minimum absolute atomic E-state index is 0. The van der Waals surface area contributed by atoms with Crippen LogP contribution in [-0.4, -0.2) is 33.0 Å². The van der Waals surface area contributed by atoms with Gasteiger partial charge < -0.3 is 21.4 Å². The molecule has 2 aromatic rings. The van der Waals surface area contributed by atoms with Crippen molar-refractivity contribution < 1.29 is 20.4 Å². The van der Waals surface area contributed by atoms with Crippen LogP contribution in [0.2, 0.25) is 0 Å². The SMILES string of the molecule is Cl.NC(=NO)c1ccc2c(c1)CC/C2=N\O.NO.[C-]#[N+]c1ccc2c(c1)CCC2=O. The summed E-state index contributed by atoms with van der Waals surface area (Å²) in [6, 6.07) is 10.7. The van der Waals surface area contributed by atoms with E-state index >= 15 is 0 Å². The average Bonchev–Trinajstić information content (AvgIpc) is 3.37. The van der Waals surface area contributed by atoms with Gasteiger partial charge in [0.1, 0.15) is 0 Å². The topological polar surface area (TPSA) is 159 Å². The van der Waals surface area contributed by atoms with Gasteiger partial charge >= 0.3 is 0 Å². The number of aryl methyl sites for hydroxylation is 2. The van der Waals surface area contributed by atoms with E-state index in [0.717, 1.165) is 41.5 Å². The van der Waals surface area contributed by atoms with E-state index in [0.29, 0.717) is 23.4 Å². The zero-order chi connectivity index (χ0) is 21.4. The van der Waals surface area contributed by atoms with Crippen LogP contribution in [0.3, 0.4) is 0 Å². The van der Waals surface area contributed by atoms with Gasteiger partial charge in [0.05, 0.1) is 12.3 Å². The first-order valence-corrected chi connectivity index (χ1v) is 8.69. The third-order valence-corrected chi connectivity index (χ3v) is 4.71. The molecule has 0 unspecified atom stereocenters. The highest BCUT2D eigenvalue weighted by Gasteiger charge is 2.19. The number of Topliss-reactive ketones (excluding diaryl/α,β-unsaturated/α-hetero) is 1. The maximum absolute atomic E-state index is 11.2. The van der Waals surface area contributed by atoms with Gasteiger partial charge in [-0.05, 0) is 36.5 Å². The highest BCUT2D eigenvalue weighted by Crippen LogP contribution is 2.26. The number of ketones is 1. The Balaban J connectivity index is 0.000000274. The minimum Gasteiger partial charge on any atom is -0.411 e. The van der Waals surface area contributed by atoms with Crippen molar-refractivity contribution in [3.63, 3.8) is 0 Å². The van der Waals surface area contributed by atoms with Crippen molar-refractivity contribution >= 4 is 35.4 Å². The summed E-state index contributed by atoms with van der Waals surface area (Å²) in [5.74, 6) is 3.80. The predicted molar refractivity (Wildman–Crippen MR) is 114 cm³/mol. The van der Waals surface area contributed by atoms with Crippen LogP contribution in [0.1, 0.15) is 45.5 Å². The first kappa shape index (κ1) is 24.6. The Morgan fingerprint density at radius 3 is 2.23 bits per heavy atom. The van der Waals surface area contributed by atoms with Crippen LogP contribution in [0.4, 0.5) is 5.69 Å². The van der Waals surface area contributed by atoms with E-state index in [-0.39, 0.29) is 24.0 Å². The number of benzene rings is 2. The molecule has 0 aromatic heterocycles. The number of fused-ring (bicyclic) bond motifs is 2. The lowest BCUT2D eigenvalue weighted by Gasteiger charge is -2.02.